The van der Waals surface area contributed by atoms with E-state index in [-0.39, 0.29) is 11.8 Å². The summed E-state index contributed by atoms with van der Waals surface area (Å²) >= 11 is 0. The highest BCUT2D eigenvalue weighted by molar-refractivity contribution is 5.97. The maximum absolute atomic E-state index is 13.0. The Labute approximate surface area is 144 Å². The van der Waals surface area contributed by atoms with Crippen molar-refractivity contribution >= 4 is 28.6 Å². The largest absolute Gasteiger partial charge is 0.354 e. The summed E-state index contributed by atoms with van der Waals surface area (Å²) in [5.41, 5.74) is 3.83. The van der Waals surface area contributed by atoms with E-state index in [0.717, 1.165) is 43.0 Å². The van der Waals surface area contributed by atoms with Gasteiger partial charge in [0, 0.05) is 25.3 Å². The predicted octanol–water partition coefficient (Wildman–Crippen LogP) is 1.77. The lowest BCUT2D eigenvalue weighted by Crippen LogP contribution is -2.36. The number of nitrogens with zero attached hydrogens (tertiary/aromatic N) is 5. The molecule has 7 nitrogen and oxygen atoms in total. The van der Waals surface area contributed by atoms with E-state index in [2.05, 4.69) is 30.9 Å². The van der Waals surface area contributed by atoms with Crippen molar-refractivity contribution in [2.45, 2.75) is 12.8 Å². The molecule has 1 saturated heterocycles. The fourth-order valence-corrected chi connectivity index (χ4v) is 3.93. The molecule has 1 fully saturated rings. The van der Waals surface area contributed by atoms with Gasteiger partial charge in [-0.1, -0.05) is 18.2 Å². The smallest absolute Gasteiger partial charge is 0.231 e. The number of imidazole rings is 1. The van der Waals surface area contributed by atoms with E-state index < -0.39 is 0 Å². The van der Waals surface area contributed by atoms with Crippen molar-refractivity contribution in [3.05, 3.63) is 42.5 Å². The van der Waals surface area contributed by atoms with E-state index >= 15 is 0 Å². The minimum absolute atomic E-state index is 0.000840. The van der Waals surface area contributed by atoms with Crippen LogP contribution in [0.3, 0.4) is 0 Å². The van der Waals surface area contributed by atoms with Crippen LogP contribution >= 0.6 is 0 Å². The van der Waals surface area contributed by atoms with E-state index in [1.165, 1.54) is 11.9 Å². The van der Waals surface area contributed by atoms with Crippen LogP contribution in [0.5, 0.6) is 0 Å². The van der Waals surface area contributed by atoms with Crippen molar-refractivity contribution in [2.24, 2.45) is 5.92 Å². The average molecular weight is 334 g/mol. The fraction of sp³-hybridized carbons (Fsp3) is 0.333. The maximum atomic E-state index is 13.0. The Morgan fingerprint density at radius 3 is 3.04 bits per heavy atom. The number of amides is 1. The quantitative estimate of drug-likeness (QED) is 0.773. The number of aromatic amines is 1. The molecule has 0 bridgehead atoms. The van der Waals surface area contributed by atoms with Crippen molar-refractivity contribution in [1.82, 2.24) is 19.9 Å². The number of benzene rings is 1. The number of hydrogen-bond acceptors (Lipinski definition) is 5. The van der Waals surface area contributed by atoms with E-state index in [9.17, 15) is 4.79 Å². The number of aromatic nitrogens is 4. The summed E-state index contributed by atoms with van der Waals surface area (Å²) < 4.78 is 0. The van der Waals surface area contributed by atoms with Gasteiger partial charge in [-0.15, -0.1) is 0 Å². The molecule has 1 atom stereocenters. The Balaban J connectivity index is 1.38. The standard InChI is InChI=1S/C18H18N6O/c25-18(24-8-6-12-3-1-2-4-14(12)24)13-5-7-23(9-13)17-15-16(20-10-19-15)21-11-22-17/h1-4,10-11,13H,5-9H2,(H,19,20,21,22). The van der Waals surface area contributed by atoms with E-state index in [4.69, 9.17) is 0 Å². The second kappa shape index (κ2) is 5.54. The lowest BCUT2D eigenvalue weighted by molar-refractivity contribution is -0.121. The number of H-pyrrole nitrogens is 1. The molecular weight excluding hydrogens is 316 g/mol. The Bertz CT molecular complexity index is 951. The lowest BCUT2D eigenvalue weighted by Gasteiger charge is -2.22. The summed E-state index contributed by atoms with van der Waals surface area (Å²) in [4.78, 5) is 33.0. The molecule has 126 valence electrons. The van der Waals surface area contributed by atoms with Crippen LogP contribution in [0.25, 0.3) is 11.2 Å². The van der Waals surface area contributed by atoms with Crippen LogP contribution in [0.4, 0.5) is 11.5 Å². The average Bonchev–Trinajstić information content (AvgIpc) is 3.38. The second-order valence-corrected chi connectivity index (χ2v) is 6.60. The molecule has 0 saturated carbocycles. The summed E-state index contributed by atoms with van der Waals surface area (Å²) in [5, 5.41) is 0. The SMILES string of the molecule is O=C(C1CCN(c2ncnc3nc[nH]c23)C1)N1CCc2ccccc21. The van der Waals surface area contributed by atoms with Gasteiger partial charge in [0.25, 0.3) is 0 Å². The summed E-state index contributed by atoms with van der Waals surface area (Å²) in [6.07, 6.45) is 4.95. The van der Waals surface area contributed by atoms with Crippen LogP contribution < -0.4 is 9.80 Å². The van der Waals surface area contributed by atoms with Gasteiger partial charge < -0.3 is 14.8 Å². The zero-order chi connectivity index (χ0) is 16.8. The normalized spacial score (nSPS) is 19.6. The first-order chi connectivity index (χ1) is 12.3. The Morgan fingerprint density at radius 1 is 1.16 bits per heavy atom. The van der Waals surface area contributed by atoms with Gasteiger partial charge in [0.15, 0.2) is 11.5 Å². The summed E-state index contributed by atoms with van der Waals surface area (Å²) in [6.45, 7) is 2.28. The predicted molar refractivity (Wildman–Crippen MR) is 94.5 cm³/mol. The number of hydrogen-bond donors (Lipinski definition) is 1. The lowest BCUT2D eigenvalue weighted by atomic mass is 10.1. The topological polar surface area (TPSA) is 78.0 Å². The molecule has 0 spiro atoms. The van der Waals surface area contributed by atoms with Crippen LogP contribution in [0, 0.1) is 5.92 Å². The Kier molecular flexibility index (Phi) is 3.19. The van der Waals surface area contributed by atoms with Crippen LogP contribution in [0.1, 0.15) is 12.0 Å². The number of carbonyl (C=O) groups is 1. The zero-order valence-electron chi connectivity index (χ0n) is 13.7. The van der Waals surface area contributed by atoms with Crippen molar-refractivity contribution < 1.29 is 4.79 Å². The van der Waals surface area contributed by atoms with Crippen LogP contribution in [0.15, 0.2) is 36.9 Å². The van der Waals surface area contributed by atoms with Gasteiger partial charge in [-0.3, -0.25) is 4.79 Å². The fourth-order valence-electron chi connectivity index (χ4n) is 3.93. The van der Waals surface area contributed by atoms with Crippen molar-refractivity contribution in [2.75, 3.05) is 29.4 Å². The Hall–Kier alpha value is -2.96. The highest BCUT2D eigenvalue weighted by atomic mass is 16.2. The van der Waals surface area contributed by atoms with Gasteiger partial charge in [-0.05, 0) is 24.5 Å². The molecule has 1 aromatic carbocycles. The number of anilines is 2. The van der Waals surface area contributed by atoms with Gasteiger partial charge in [-0.2, -0.15) is 0 Å². The third-order valence-corrected chi connectivity index (χ3v) is 5.19. The summed E-state index contributed by atoms with van der Waals surface area (Å²) in [6, 6.07) is 8.20. The Morgan fingerprint density at radius 2 is 2.08 bits per heavy atom. The van der Waals surface area contributed by atoms with E-state index in [1.807, 2.05) is 23.1 Å². The molecule has 25 heavy (non-hydrogen) atoms. The summed E-state index contributed by atoms with van der Waals surface area (Å²) in [5.74, 6) is 1.06. The number of rotatable bonds is 2. The zero-order valence-corrected chi connectivity index (χ0v) is 13.7. The first kappa shape index (κ1) is 14.4. The molecule has 2 aliphatic rings. The van der Waals surface area contributed by atoms with E-state index in [1.54, 1.807) is 6.33 Å². The molecule has 2 aromatic heterocycles. The van der Waals surface area contributed by atoms with Gasteiger partial charge >= 0.3 is 0 Å². The molecule has 3 aromatic rings. The van der Waals surface area contributed by atoms with Crippen molar-refractivity contribution in [3.8, 4) is 0 Å². The molecule has 4 heterocycles. The van der Waals surface area contributed by atoms with Gasteiger partial charge in [0.2, 0.25) is 5.91 Å². The number of carbonyl (C=O) groups excluding carboxylic acids is 1. The molecule has 1 N–H and O–H groups in total. The second-order valence-electron chi connectivity index (χ2n) is 6.60. The molecule has 1 amide bonds. The third kappa shape index (κ3) is 2.26. The number of nitrogens with one attached hydrogen (secondary N) is 1. The first-order valence-corrected chi connectivity index (χ1v) is 8.59. The monoisotopic (exact) mass is 334 g/mol. The highest BCUT2D eigenvalue weighted by Gasteiger charge is 2.35. The molecule has 0 radical (unpaired) electrons. The van der Waals surface area contributed by atoms with Crippen LogP contribution in [0.2, 0.25) is 0 Å². The van der Waals surface area contributed by atoms with Crippen molar-refractivity contribution in [1.29, 1.82) is 0 Å². The van der Waals surface area contributed by atoms with Gasteiger partial charge in [0.1, 0.15) is 11.8 Å². The maximum Gasteiger partial charge on any atom is 0.231 e. The molecule has 2 aliphatic heterocycles. The number of para-hydroxylation sites is 1. The highest BCUT2D eigenvalue weighted by Crippen LogP contribution is 2.32. The van der Waals surface area contributed by atoms with Gasteiger partial charge in [0.05, 0.1) is 12.2 Å². The molecular formula is C18H18N6O. The van der Waals surface area contributed by atoms with Crippen LogP contribution in [-0.2, 0) is 11.2 Å². The minimum atomic E-state index is -0.000840. The third-order valence-electron chi connectivity index (χ3n) is 5.19. The van der Waals surface area contributed by atoms with Crippen LogP contribution in [-0.4, -0.2) is 45.5 Å². The van der Waals surface area contributed by atoms with Crippen molar-refractivity contribution in [3.63, 3.8) is 0 Å². The molecule has 0 aliphatic carbocycles. The van der Waals surface area contributed by atoms with E-state index in [0.29, 0.717) is 12.2 Å². The first-order valence-electron chi connectivity index (χ1n) is 8.59. The summed E-state index contributed by atoms with van der Waals surface area (Å²) in [7, 11) is 0. The number of fused-ring (bicyclic) bond motifs is 2. The molecule has 1 unspecified atom stereocenters. The molecule has 7 heteroatoms. The molecule has 5 rings (SSSR count). The van der Waals surface area contributed by atoms with Gasteiger partial charge in [-0.25, -0.2) is 15.0 Å². The minimum Gasteiger partial charge on any atom is -0.354 e.